The Labute approximate surface area is 178 Å². The summed E-state index contributed by atoms with van der Waals surface area (Å²) in [6, 6.07) is 3.85. The van der Waals surface area contributed by atoms with Crippen molar-refractivity contribution in [3.63, 3.8) is 0 Å². The Hall–Kier alpha value is -1.82. The first-order valence-corrected chi connectivity index (χ1v) is 11.6. The smallest absolute Gasteiger partial charge is 0.220 e. The summed E-state index contributed by atoms with van der Waals surface area (Å²) in [5.74, 6) is 2.16. The molecule has 5 fully saturated rings. The molecule has 4 aliphatic carbocycles. The van der Waals surface area contributed by atoms with Crippen LogP contribution in [0.15, 0.2) is 22.8 Å². The van der Waals surface area contributed by atoms with Crippen LogP contribution in [0, 0.1) is 17.3 Å². The Morgan fingerprint density at radius 2 is 2.10 bits per heavy atom. The first-order chi connectivity index (χ1) is 14.3. The molecule has 1 saturated heterocycles. The van der Waals surface area contributed by atoms with Gasteiger partial charge in [-0.1, -0.05) is 0 Å². The molecule has 6 heteroatoms. The normalized spacial score (nSPS) is 40.4. The quantitative estimate of drug-likeness (QED) is 0.639. The highest BCUT2D eigenvalue weighted by molar-refractivity contribution is 5.80. The van der Waals surface area contributed by atoms with Crippen molar-refractivity contribution in [2.45, 2.75) is 94.7 Å². The van der Waals surface area contributed by atoms with Gasteiger partial charge in [0.25, 0.3) is 0 Å². The fourth-order valence-electron chi connectivity index (χ4n) is 7.54. The van der Waals surface area contributed by atoms with Crippen LogP contribution in [0.25, 0.3) is 0 Å². The minimum atomic E-state index is -0.510. The number of furan rings is 1. The van der Waals surface area contributed by atoms with Gasteiger partial charge in [0, 0.05) is 30.8 Å². The summed E-state index contributed by atoms with van der Waals surface area (Å²) in [5.41, 5.74) is -0.864. The van der Waals surface area contributed by atoms with Crippen LogP contribution in [0.5, 0.6) is 0 Å². The van der Waals surface area contributed by atoms with Gasteiger partial charge in [-0.3, -0.25) is 9.59 Å². The zero-order valence-electron chi connectivity index (χ0n) is 17.9. The van der Waals surface area contributed by atoms with E-state index in [0.717, 1.165) is 44.3 Å². The van der Waals surface area contributed by atoms with Gasteiger partial charge in [-0.05, 0) is 87.7 Å². The van der Waals surface area contributed by atoms with E-state index in [-0.39, 0.29) is 23.3 Å². The summed E-state index contributed by atoms with van der Waals surface area (Å²) in [4.78, 5) is 24.8. The van der Waals surface area contributed by atoms with Crippen LogP contribution in [0.3, 0.4) is 0 Å². The predicted octanol–water partition coefficient (Wildman–Crippen LogP) is 3.09. The van der Waals surface area contributed by atoms with Crippen molar-refractivity contribution in [2.75, 3.05) is 0 Å². The molecule has 4 unspecified atom stereocenters. The van der Waals surface area contributed by atoms with Crippen LogP contribution in [-0.2, 0) is 16.0 Å². The average Bonchev–Trinajstić information content (AvgIpc) is 3.28. The molecule has 5 aliphatic rings. The first-order valence-electron chi connectivity index (χ1n) is 11.6. The summed E-state index contributed by atoms with van der Waals surface area (Å²) >= 11 is 0. The molecule has 4 atom stereocenters. The minimum absolute atomic E-state index is 0.0436. The standard InChI is InChI=1S/C24H34N2O4/c1-16(22-10-17-9-18(11-22)13-24(29,12-17)15-22)25-20(27)4-6-23(7-5-21(28)26-23)14-19-3-2-8-30-19/h2-3,8,16-18,29H,4-7,9-15H2,1H3,(H,25,27)(H,26,28). The van der Waals surface area contributed by atoms with Crippen LogP contribution in [0.1, 0.15) is 76.9 Å². The van der Waals surface area contributed by atoms with Crippen LogP contribution in [-0.4, -0.2) is 34.1 Å². The molecule has 2 amide bonds. The van der Waals surface area contributed by atoms with Crippen molar-refractivity contribution in [3.8, 4) is 0 Å². The van der Waals surface area contributed by atoms with Gasteiger partial charge in [-0.15, -0.1) is 0 Å². The molecule has 0 spiro atoms. The summed E-state index contributed by atoms with van der Waals surface area (Å²) in [5, 5.41) is 17.4. The molecule has 4 saturated carbocycles. The van der Waals surface area contributed by atoms with Gasteiger partial charge in [0.1, 0.15) is 5.76 Å². The number of carbonyl (C=O) groups excluding carboxylic acids is 2. The third-order valence-electron chi connectivity index (χ3n) is 8.53. The van der Waals surface area contributed by atoms with Crippen molar-refractivity contribution in [2.24, 2.45) is 17.3 Å². The van der Waals surface area contributed by atoms with Crippen LogP contribution in [0.2, 0.25) is 0 Å². The van der Waals surface area contributed by atoms with Crippen LogP contribution >= 0.6 is 0 Å². The Bertz CT molecular complexity index is 805. The van der Waals surface area contributed by atoms with Crippen molar-refractivity contribution < 1.29 is 19.1 Å². The molecule has 0 aromatic carbocycles. The summed E-state index contributed by atoms with van der Waals surface area (Å²) < 4.78 is 5.50. The lowest BCUT2D eigenvalue weighted by molar-refractivity contribution is -0.173. The summed E-state index contributed by atoms with van der Waals surface area (Å²) in [7, 11) is 0. The number of carbonyl (C=O) groups is 2. The lowest BCUT2D eigenvalue weighted by atomic mass is 9.46. The third kappa shape index (κ3) is 3.68. The lowest BCUT2D eigenvalue weighted by Crippen LogP contribution is -2.61. The Morgan fingerprint density at radius 3 is 2.70 bits per heavy atom. The fraction of sp³-hybridized carbons (Fsp3) is 0.750. The molecule has 164 valence electrons. The van der Waals surface area contributed by atoms with Crippen molar-refractivity contribution in [3.05, 3.63) is 24.2 Å². The van der Waals surface area contributed by atoms with E-state index in [1.165, 1.54) is 6.42 Å². The van der Waals surface area contributed by atoms with Crippen molar-refractivity contribution >= 4 is 11.8 Å². The van der Waals surface area contributed by atoms with E-state index in [4.69, 9.17) is 4.42 Å². The average molecular weight is 415 g/mol. The number of nitrogens with one attached hydrogen (secondary N) is 2. The predicted molar refractivity (Wildman–Crippen MR) is 111 cm³/mol. The number of aliphatic hydroxyl groups is 1. The maximum atomic E-state index is 12.9. The van der Waals surface area contributed by atoms with Crippen LogP contribution < -0.4 is 10.6 Å². The fourth-order valence-corrected chi connectivity index (χ4v) is 7.54. The van der Waals surface area contributed by atoms with Gasteiger partial charge >= 0.3 is 0 Å². The molecule has 4 bridgehead atoms. The maximum absolute atomic E-state index is 12.9. The van der Waals surface area contributed by atoms with Gasteiger partial charge in [-0.2, -0.15) is 0 Å². The molecular formula is C24H34N2O4. The first kappa shape index (κ1) is 20.1. The largest absolute Gasteiger partial charge is 0.469 e. The molecule has 1 aliphatic heterocycles. The monoisotopic (exact) mass is 414 g/mol. The molecule has 1 aromatic heterocycles. The zero-order chi connectivity index (χ0) is 21.0. The summed E-state index contributed by atoms with van der Waals surface area (Å²) in [6.45, 7) is 2.13. The molecule has 3 N–H and O–H groups in total. The second-order valence-electron chi connectivity index (χ2n) is 10.9. The summed E-state index contributed by atoms with van der Waals surface area (Å²) in [6.07, 6.45) is 10.7. The maximum Gasteiger partial charge on any atom is 0.220 e. The van der Waals surface area contributed by atoms with E-state index in [1.54, 1.807) is 6.26 Å². The van der Waals surface area contributed by atoms with E-state index in [2.05, 4.69) is 17.6 Å². The highest BCUT2D eigenvalue weighted by atomic mass is 16.3. The van der Waals surface area contributed by atoms with Crippen molar-refractivity contribution in [1.82, 2.24) is 10.6 Å². The second kappa shape index (κ2) is 7.11. The minimum Gasteiger partial charge on any atom is -0.469 e. The number of amides is 2. The zero-order valence-corrected chi connectivity index (χ0v) is 17.9. The van der Waals surface area contributed by atoms with E-state index >= 15 is 0 Å². The molecule has 30 heavy (non-hydrogen) atoms. The van der Waals surface area contributed by atoms with Gasteiger partial charge in [0.2, 0.25) is 11.8 Å². The SMILES string of the molecule is CC(NC(=O)CCC1(Cc2ccco2)CCC(=O)N1)C12CC3CC(CC(O)(C3)C1)C2. The van der Waals surface area contributed by atoms with E-state index in [9.17, 15) is 14.7 Å². The molecule has 6 nitrogen and oxygen atoms in total. The Kier molecular flexibility index (Phi) is 4.77. The van der Waals surface area contributed by atoms with E-state index in [1.807, 2.05) is 12.1 Å². The molecule has 1 aromatic rings. The lowest BCUT2D eigenvalue weighted by Gasteiger charge is -2.62. The Balaban J connectivity index is 1.21. The van der Waals surface area contributed by atoms with Gasteiger partial charge in [0.05, 0.1) is 11.9 Å². The number of rotatable bonds is 7. The topological polar surface area (TPSA) is 91.6 Å². The van der Waals surface area contributed by atoms with Crippen molar-refractivity contribution in [1.29, 1.82) is 0 Å². The highest BCUT2D eigenvalue weighted by Gasteiger charge is 2.59. The van der Waals surface area contributed by atoms with Gasteiger partial charge in [0.15, 0.2) is 0 Å². The van der Waals surface area contributed by atoms with Gasteiger partial charge < -0.3 is 20.2 Å². The van der Waals surface area contributed by atoms with Crippen LogP contribution in [0.4, 0.5) is 0 Å². The Morgan fingerprint density at radius 1 is 1.33 bits per heavy atom. The second-order valence-corrected chi connectivity index (χ2v) is 10.9. The molecule has 2 heterocycles. The molecule has 6 rings (SSSR count). The number of hydrogen-bond donors (Lipinski definition) is 3. The molecular weight excluding hydrogens is 380 g/mol. The third-order valence-corrected chi connectivity index (χ3v) is 8.53. The van der Waals surface area contributed by atoms with E-state index in [0.29, 0.717) is 37.5 Å². The molecule has 0 radical (unpaired) electrons. The van der Waals surface area contributed by atoms with E-state index < -0.39 is 11.1 Å². The van der Waals surface area contributed by atoms with Gasteiger partial charge in [-0.25, -0.2) is 0 Å². The number of hydrogen-bond acceptors (Lipinski definition) is 4. The highest BCUT2D eigenvalue weighted by Crippen LogP contribution is 2.62.